The summed E-state index contributed by atoms with van der Waals surface area (Å²) < 4.78 is 24.7. The number of ether oxygens (including phenoxy) is 2. The maximum Gasteiger partial charge on any atom is 0.156 e. The molecule has 0 saturated heterocycles. The third kappa shape index (κ3) is 3.36. The van der Waals surface area contributed by atoms with Crippen LogP contribution in [0.15, 0.2) is 40.9 Å². The zero-order valence-electron chi connectivity index (χ0n) is 10.7. The van der Waals surface area contributed by atoms with Crippen molar-refractivity contribution < 1.29 is 18.7 Å². The van der Waals surface area contributed by atoms with E-state index < -0.39 is 5.82 Å². The van der Waals surface area contributed by atoms with Crippen LogP contribution in [0, 0.1) is 5.82 Å². The molecule has 2 aromatic carbocycles. The lowest BCUT2D eigenvalue weighted by atomic mass is 10.2. The van der Waals surface area contributed by atoms with Gasteiger partial charge in [0.05, 0.1) is 12.7 Å². The Kier molecular flexibility index (Phi) is 4.74. The van der Waals surface area contributed by atoms with Crippen LogP contribution in [0.4, 0.5) is 4.39 Å². The first-order valence-electron chi connectivity index (χ1n) is 5.84. The van der Waals surface area contributed by atoms with Crippen molar-refractivity contribution in [3.05, 3.63) is 57.8 Å². The van der Waals surface area contributed by atoms with Gasteiger partial charge in [-0.2, -0.15) is 0 Å². The molecule has 0 heterocycles. The van der Waals surface area contributed by atoms with Crippen LogP contribution in [-0.4, -0.2) is 13.4 Å². The van der Waals surface area contributed by atoms with Gasteiger partial charge >= 0.3 is 0 Å². The molecular formula is C15H12BrFO3. The van der Waals surface area contributed by atoms with Gasteiger partial charge in [0.15, 0.2) is 6.29 Å². The molecule has 20 heavy (non-hydrogen) atoms. The second kappa shape index (κ2) is 6.52. The predicted molar refractivity (Wildman–Crippen MR) is 76.8 cm³/mol. The van der Waals surface area contributed by atoms with E-state index in [4.69, 9.17) is 9.47 Å². The van der Waals surface area contributed by atoms with Crippen molar-refractivity contribution in [1.82, 2.24) is 0 Å². The average Bonchev–Trinajstić information content (AvgIpc) is 2.45. The van der Waals surface area contributed by atoms with Crippen LogP contribution in [-0.2, 0) is 6.61 Å². The summed E-state index contributed by atoms with van der Waals surface area (Å²) in [5, 5.41) is 0. The van der Waals surface area contributed by atoms with Gasteiger partial charge in [0, 0.05) is 4.47 Å². The predicted octanol–water partition coefficient (Wildman–Crippen LogP) is 3.99. The minimum Gasteiger partial charge on any atom is -0.497 e. The normalized spacial score (nSPS) is 10.2. The number of rotatable bonds is 5. The Labute approximate surface area is 124 Å². The Bertz CT molecular complexity index is 611. The first-order chi connectivity index (χ1) is 9.63. The monoisotopic (exact) mass is 338 g/mol. The van der Waals surface area contributed by atoms with Gasteiger partial charge < -0.3 is 9.47 Å². The van der Waals surface area contributed by atoms with Crippen molar-refractivity contribution in [3.8, 4) is 11.5 Å². The van der Waals surface area contributed by atoms with E-state index in [1.165, 1.54) is 6.07 Å². The van der Waals surface area contributed by atoms with Crippen LogP contribution in [0.2, 0.25) is 0 Å². The molecule has 0 atom stereocenters. The van der Waals surface area contributed by atoms with Gasteiger partial charge in [-0.3, -0.25) is 4.79 Å². The summed E-state index contributed by atoms with van der Waals surface area (Å²) >= 11 is 3.17. The summed E-state index contributed by atoms with van der Waals surface area (Å²) in [5.41, 5.74) is 0.810. The average molecular weight is 339 g/mol. The molecule has 0 aliphatic heterocycles. The highest BCUT2D eigenvalue weighted by atomic mass is 79.9. The first-order valence-corrected chi connectivity index (χ1v) is 6.63. The van der Waals surface area contributed by atoms with Crippen LogP contribution in [0.25, 0.3) is 0 Å². The van der Waals surface area contributed by atoms with Crippen LogP contribution in [0.5, 0.6) is 11.5 Å². The summed E-state index contributed by atoms with van der Waals surface area (Å²) in [4.78, 5) is 10.9. The van der Waals surface area contributed by atoms with E-state index in [9.17, 15) is 9.18 Å². The standard InChI is InChI=1S/C15H12BrFO3/c1-19-12-4-2-10(3-5-12)9-20-15-7-11(16)6-14(17)13(15)8-18/h2-8H,9H2,1H3. The van der Waals surface area contributed by atoms with Crippen LogP contribution >= 0.6 is 15.9 Å². The van der Waals surface area contributed by atoms with Gasteiger partial charge in [0.1, 0.15) is 23.9 Å². The third-order valence-corrected chi connectivity index (χ3v) is 3.19. The van der Waals surface area contributed by atoms with Crippen molar-refractivity contribution in [2.45, 2.75) is 6.61 Å². The number of methoxy groups -OCH3 is 1. The maximum absolute atomic E-state index is 13.6. The number of hydrogen-bond donors (Lipinski definition) is 0. The zero-order chi connectivity index (χ0) is 14.5. The topological polar surface area (TPSA) is 35.5 Å². The van der Waals surface area contributed by atoms with E-state index in [0.717, 1.165) is 11.3 Å². The molecule has 0 bridgehead atoms. The van der Waals surface area contributed by atoms with Gasteiger partial charge in [-0.15, -0.1) is 0 Å². The number of benzene rings is 2. The van der Waals surface area contributed by atoms with Gasteiger partial charge in [-0.1, -0.05) is 28.1 Å². The Morgan fingerprint density at radius 2 is 1.95 bits per heavy atom. The van der Waals surface area contributed by atoms with E-state index in [1.54, 1.807) is 25.3 Å². The van der Waals surface area contributed by atoms with Crippen molar-refractivity contribution in [2.75, 3.05) is 7.11 Å². The lowest BCUT2D eigenvalue weighted by Crippen LogP contribution is -2.00. The SMILES string of the molecule is COc1ccc(COc2cc(Br)cc(F)c2C=O)cc1. The fraction of sp³-hybridized carbons (Fsp3) is 0.133. The Balaban J connectivity index is 2.15. The molecule has 0 spiro atoms. The molecule has 0 saturated carbocycles. The fourth-order valence-electron chi connectivity index (χ4n) is 1.68. The Hall–Kier alpha value is -1.88. The Morgan fingerprint density at radius 1 is 1.25 bits per heavy atom. The van der Waals surface area contributed by atoms with E-state index in [2.05, 4.69) is 15.9 Å². The Morgan fingerprint density at radius 3 is 2.55 bits per heavy atom. The summed E-state index contributed by atoms with van der Waals surface area (Å²) in [6, 6.07) is 10.1. The molecule has 104 valence electrons. The molecule has 0 aromatic heterocycles. The summed E-state index contributed by atoms with van der Waals surface area (Å²) in [6.07, 6.45) is 0.450. The molecule has 0 N–H and O–H groups in total. The molecule has 3 nitrogen and oxygen atoms in total. The number of halogens is 2. The van der Waals surface area contributed by atoms with Crippen molar-refractivity contribution in [1.29, 1.82) is 0 Å². The molecule has 2 rings (SSSR count). The minimum atomic E-state index is -0.612. The van der Waals surface area contributed by atoms with E-state index in [-0.39, 0.29) is 17.9 Å². The van der Waals surface area contributed by atoms with E-state index in [0.29, 0.717) is 10.8 Å². The quantitative estimate of drug-likeness (QED) is 0.773. The fourth-order valence-corrected chi connectivity index (χ4v) is 2.09. The smallest absolute Gasteiger partial charge is 0.156 e. The van der Waals surface area contributed by atoms with Crippen molar-refractivity contribution >= 4 is 22.2 Å². The van der Waals surface area contributed by atoms with Crippen molar-refractivity contribution in [2.24, 2.45) is 0 Å². The van der Waals surface area contributed by atoms with Gasteiger partial charge in [-0.05, 0) is 29.8 Å². The highest BCUT2D eigenvalue weighted by molar-refractivity contribution is 9.10. The number of aldehydes is 1. The number of carbonyl (C=O) groups excluding carboxylic acids is 1. The highest BCUT2D eigenvalue weighted by Gasteiger charge is 2.11. The molecular weight excluding hydrogens is 327 g/mol. The van der Waals surface area contributed by atoms with Crippen LogP contribution in [0.3, 0.4) is 0 Å². The third-order valence-electron chi connectivity index (χ3n) is 2.73. The van der Waals surface area contributed by atoms with Crippen LogP contribution in [0.1, 0.15) is 15.9 Å². The van der Waals surface area contributed by atoms with Crippen molar-refractivity contribution in [3.63, 3.8) is 0 Å². The zero-order valence-corrected chi connectivity index (χ0v) is 12.3. The summed E-state index contributed by atoms with van der Waals surface area (Å²) in [5.74, 6) is 0.345. The molecule has 0 fully saturated rings. The molecule has 0 aliphatic carbocycles. The molecule has 2 aromatic rings. The van der Waals surface area contributed by atoms with E-state index in [1.807, 2.05) is 12.1 Å². The minimum absolute atomic E-state index is 0.0817. The number of hydrogen-bond acceptors (Lipinski definition) is 3. The van der Waals surface area contributed by atoms with Gasteiger partial charge in [0.2, 0.25) is 0 Å². The van der Waals surface area contributed by atoms with Gasteiger partial charge in [0.25, 0.3) is 0 Å². The molecule has 0 amide bonds. The first kappa shape index (κ1) is 14.5. The molecule has 0 radical (unpaired) electrons. The van der Waals surface area contributed by atoms with Gasteiger partial charge in [-0.25, -0.2) is 4.39 Å². The molecule has 0 unspecified atom stereocenters. The lowest BCUT2D eigenvalue weighted by Gasteiger charge is -2.10. The highest BCUT2D eigenvalue weighted by Crippen LogP contribution is 2.26. The second-order valence-corrected chi connectivity index (χ2v) is 4.97. The summed E-state index contributed by atoms with van der Waals surface area (Å²) in [7, 11) is 1.59. The lowest BCUT2D eigenvalue weighted by molar-refractivity contribution is 0.111. The molecule has 5 heteroatoms. The maximum atomic E-state index is 13.6. The molecule has 0 aliphatic rings. The number of carbonyl (C=O) groups is 1. The van der Waals surface area contributed by atoms with E-state index >= 15 is 0 Å². The van der Waals surface area contributed by atoms with Crippen LogP contribution < -0.4 is 9.47 Å². The largest absolute Gasteiger partial charge is 0.497 e. The summed E-state index contributed by atoms with van der Waals surface area (Å²) in [6.45, 7) is 0.237. The second-order valence-electron chi connectivity index (χ2n) is 4.05.